The average molecular weight is 217 g/mol. The zero-order valence-corrected chi connectivity index (χ0v) is 8.05. The van der Waals surface area contributed by atoms with Crippen LogP contribution in [0.2, 0.25) is 10.0 Å². The summed E-state index contributed by atoms with van der Waals surface area (Å²) in [5.74, 6) is 0. The highest BCUT2D eigenvalue weighted by Crippen LogP contribution is 2.27. The Hall–Kier alpha value is -0.770. The molecule has 1 heterocycles. The summed E-state index contributed by atoms with van der Waals surface area (Å²) in [5, 5.41) is 14.8. The number of aromatic nitrogens is 2. The first kappa shape index (κ1) is 8.81. The first-order valence-electron chi connectivity index (χ1n) is 3.64. The van der Waals surface area contributed by atoms with Gasteiger partial charge in [-0.1, -0.05) is 23.2 Å². The lowest BCUT2D eigenvalue weighted by Crippen LogP contribution is -1.98. The van der Waals surface area contributed by atoms with Gasteiger partial charge in [-0.25, -0.2) is 4.68 Å². The predicted molar refractivity (Wildman–Crippen MR) is 52.0 cm³/mol. The number of hydrogen-bond acceptors (Lipinski definition) is 2. The van der Waals surface area contributed by atoms with E-state index in [9.17, 15) is 0 Å². The Bertz CT molecular complexity index is 453. The number of aliphatic hydroxyl groups excluding tert-OH is 1. The highest BCUT2D eigenvalue weighted by molar-refractivity contribution is 6.38. The van der Waals surface area contributed by atoms with E-state index in [0.717, 1.165) is 5.39 Å². The lowest BCUT2D eigenvalue weighted by Gasteiger charge is -2.00. The van der Waals surface area contributed by atoms with Crippen LogP contribution in [0.5, 0.6) is 0 Å². The van der Waals surface area contributed by atoms with E-state index in [0.29, 0.717) is 15.6 Å². The van der Waals surface area contributed by atoms with Crippen molar-refractivity contribution >= 4 is 34.1 Å². The lowest BCUT2D eigenvalue weighted by molar-refractivity contribution is 0.200. The lowest BCUT2D eigenvalue weighted by atomic mass is 10.2. The van der Waals surface area contributed by atoms with Gasteiger partial charge in [0, 0.05) is 10.4 Å². The van der Waals surface area contributed by atoms with Crippen molar-refractivity contribution in [3.63, 3.8) is 0 Å². The van der Waals surface area contributed by atoms with Crippen molar-refractivity contribution in [3.8, 4) is 0 Å². The number of halogens is 2. The molecule has 5 heteroatoms. The summed E-state index contributed by atoms with van der Waals surface area (Å²) in [6.07, 6.45) is 1.61. The van der Waals surface area contributed by atoms with E-state index in [2.05, 4.69) is 5.10 Å². The van der Waals surface area contributed by atoms with E-state index in [-0.39, 0.29) is 6.73 Å². The van der Waals surface area contributed by atoms with Gasteiger partial charge >= 0.3 is 0 Å². The Morgan fingerprint density at radius 3 is 2.85 bits per heavy atom. The fraction of sp³-hybridized carbons (Fsp3) is 0.125. The fourth-order valence-corrected chi connectivity index (χ4v) is 1.86. The SMILES string of the molecule is OCn1ncc2cc(Cl)cc(Cl)c21. The summed E-state index contributed by atoms with van der Waals surface area (Å²) < 4.78 is 1.41. The Morgan fingerprint density at radius 1 is 1.38 bits per heavy atom. The minimum atomic E-state index is -0.190. The topological polar surface area (TPSA) is 38.0 Å². The van der Waals surface area contributed by atoms with Crippen LogP contribution in [0.3, 0.4) is 0 Å². The van der Waals surface area contributed by atoms with Gasteiger partial charge in [0.15, 0.2) is 0 Å². The van der Waals surface area contributed by atoms with Crippen LogP contribution in [0.25, 0.3) is 10.9 Å². The molecule has 0 amide bonds. The molecule has 13 heavy (non-hydrogen) atoms. The first-order chi connectivity index (χ1) is 6.22. The van der Waals surface area contributed by atoms with Crippen LogP contribution in [0.15, 0.2) is 18.3 Å². The third-order valence-electron chi connectivity index (χ3n) is 1.79. The number of nitrogens with zero attached hydrogens (tertiary/aromatic N) is 2. The normalized spacial score (nSPS) is 11.0. The average Bonchev–Trinajstić information content (AvgIpc) is 2.47. The first-order valence-corrected chi connectivity index (χ1v) is 4.39. The van der Waals surface area contributed by atoms with Crippen molar-refractivity contribution < 1.29 is 5.11 Å². The van der Waals surface area contributed by atoms with Crippen LogP contribution in [0.4, 0.5) is 0 Å². The quantitative estimate of drug-likeness (QED) is 0.795. The van der Waals surface area contributed by atoms with Crippen LogP contribution < -0.4 is 0 Å². The molecule has 1 N–H and O–H groups in total. The molecule has 0 saturated carbocycles. The molecule has 0 fully saturated rings. The molecule has 1 aromatic heterocycles. The molecule has 3 nitrogen and oxygen atoms in total. The monoisotopic (exact) mass is 216 g/mol. The van der Waals surface area contributed by atoms with Crippen LogP contribution >= 0.6 is 23.2 Å². The number of rotatable bonds is 1. The molecule has 0 saturated heterocycles. The molecule has 1 aromatic carbocycles. The largest absolute Gasteiger partial charge is 0.374 e. The summed E-state index contributed by atoms with van der Waals surface area (Å²) in [5.41, 5.74) is 0.702. The van der Waals surface area contributed by atoms with Crippen LogP contribution in [0, 0.1) is 0 Å². The third kappa shape index (κ3) is 1.39. The Morgan fingerprint density at radius 2 is 2.15 bits per heavy atom. The van der Waals surface area contributed by atoms with Crippen LogP contribution in [-0.2, 0) is 6.73 Å². The molecule has 68 valence electrons. The molecule has 0 aliphatic heterocycles. The summed E-state index contributed by atoms with van der Waals surface area (Å²) in [6.45, 7) is -0.190. The summed E-state index contributed by atoms with van der Waals surface area (Å²) in [7, 11) is 0. The van der Waals surface area contributed by atoms with E-state index in [1.165, 1.54) is 4.68 Å². The second kappa shape index (κ2) is 3.18. The van der Waals surface area contributed by atoms with Crippen molar-refractivity contribution in [3.05, 3.63) is 28.4 Å². The van der Waals surface area contributed by atoms with E-state index >= 15 is 0 Å². The standard InChI is InChI=1S/C8H6Cl2N2O/c9-6-1-5-3-11-12(4-13)8(5)7(10)2-6/h1-3,13H,4H2. The minimum Gasteiger partial charge on any atom is -0.374 e. The van der Waals surface area contributed by atoms with Gasteiger partial charge in [-0.05, 0) is 12.1 Å². The van der Waals surface area contributed by atoms with Gasteiger partial charge in [0.2, 0.25) is 0 Å². The molecule has 2 rings (SSSR count). The molecule has 0 radical (unpaired) electrons. The third-order valence-corrected chi connectivity index (χ3v) is 2.29. The summed E-state index contributed by atoms with van der Waals surface area (Å²) >= 11 is 11.7. The molecule has 0 bridgehead atoms. The van der Waals surface area contributed by atoms with Crippen molar-refractivity contribution in [2.75, 3.05) is 0 Å². The molecule has 0 aliphatic carbocycles. The second-order valence-electron chi connectivity index (χ2n) is 2.61. The van der Waals surface area contributed by atoms with E-state index < -0.39 is 0 Å². The van der Waals surface area contributed by atoms with Gasteiger partial charge in [-0.15, -0.1) is 0 Å². The maximum absolute atomic E-state index is 8.93. The summed E-state index contributed by atoms with van der Waals surface area (Å²) in [4.78, 5) is 0. The van der Waals surface area contributed by atoms with E-state index in [1.54, 1.807) is 18.3 Å². The van der Waals surface area contributed by atoms with Gasteiger partial charge in [0.05, 0.1) is 16.7 Å². The Balaban J connectivity index is 2.82. The zero-order valence-electron chi connectivity index (χ0n) is 6.54. The Kier molecular flexibility index (Phi) is 2.15. The molecule has 2 aromatic rings. The summed E-state index contributed by atoms with van der Waals surface area (Å²) in [6, 6.07) is 3.38. The number of benzene rings is 1. The van der Waals surface area contributed by atoms with Crippen LogP contribution in [-0.4, -0.2) is 14.9 Å². The van der Waals surface area contributed by atoms with Gasteiger partial charge < -0.3 is 5.11 Å². The van der Waals surface area contributed by atoms with Crippen LogP contribution in [0.1, 0.15) is 0 Å². The zero-order chi connectivity index (χ0) is 9.42. The minimum absolute atomic E-state index is 0.190. The highest BCUT2D eigenvalue weighted by Gasteiger charge is 2.06. The van der Waals surface area contributed by atoms with E-state index in [1.807, 2.05) is 0 Å². The Labute approximate surface area is 84.5 Å². The molecule has 0 unspecified atom stereocenters. The molecular formula is C8H6Cl2N2O. The van der Waals surface area contributed by atoms with Crippen molar-refractivity contribution in [1.29, 1.82) is 0 Å². The van der Waals surface area contributed by atoms with Gasteiger partial charge in [-0.2, -0.15) is 5.10 Å². The van der Waals surface area contributed by atoms with Gasteiger partial charge in [-0.3, -0.25) is 0 Å². The second-order valence-corrected chi connectivity index (χ2v) is 3.45. The van der Waals surface area contributed by atoms with Gasteiger partial charge in [0.1, 0.15) is 6.73 Å². The maximum Gasteiger partial charge on any atom is 0.136 e. The predicted octanol–water partition coefficient (Wildman–Crippen LogP) is 2.29. The van der Waals surface area contributed by atoms with Gasteiger partial charge in [0.25, 0.3) is 0 Å². The number of fused-ring (bicyclic) bond motifs is 1. The molecule has 0 atom stereocenters. The molecular weight excluding hydrogens is 211 g/mol. The van der Waals surface area contributed by atoms with E-state index in [4.69, 9.17) is 28.3 Å². The van der Waals surface area contributed by atoms with Crippen molar-refractivity contribution in [1.82, 2.24) is 9.78 Å². The maximum atomic E-state index is 8.93. The smallest absolute Gasteiger partial charge is 0.136 e. The van der Waals surface area contributed by atoms with Crippen molar-refractivity contribution in [2.24, 2.45) is 0 Å². The molecule has 0 spiro atoms. The molecule has 0 aliphatic rings. The highest BCUT2D eigenvalue weighted by atomic mass is 35.5. The fourth-order valence-electron chi connectivity index (χ4n) is 1.25. The number of aliphatic hydroxyl groups is 1. The van der Waals surface area contributed by atoms with Crippen molar-refractivity contribution in [2.45, 2.75) is 6.73 Å². The number of hydrogen-bond donors (Lipinski definition) is 1.